The fourth-order valence-electron chi connectivity index (χ4n) is 1.78. The minimum absolute atomic E-state index is 0.0475. The highest BCUT2D eigenvalue weighted by Gasteiger charge is 2.05. The summed E-state index contributed by atoms with van der Waals surface area (Å²) in [5.74, 6) is -2.46. The summed E-state index contributed by atoms with van der Waals surface area (Å²) in [6.07, 6.45) is 2.67. The molecular formula is C16H14F2N2O2. The summed E-state index contributed by atoms with van der Waals surface area (Å²) in [4.78, 5) is 3.97. The molecule has 0 spiro atoms. The Morgan fingerprint density at radius 3 is 2.18 bits per heavy atom. The molecule has 0 aliphatic rings. The lowest BCUT2D eigenvalue weighted by Gasteiger charge is -2.02. The molecule has 6 heteroatoms. The second-order valence-corrected chi connectivity index (χ2v) is 4.54. The maximum atomic E-state index is 13.2. The van der Waals surface area contributed by atoms with Crippen molar-refractivity contribution in [3.63, 3.8) is 0 Å². The standard InChI is InChI=1S/C16H14F2N2O2/c17-13-5-1-3-10(15(13)21)7-12(19)9-20-8-11-4-2-6-14(18)16(11)22/h1-8,21-22H,9,19H2. The van der Waals surface area contributed by atoms with Gasteiger partial charge in [0.2, 0.25) is 0 Å². The molecule has 0 heterocycles. The van der Waals surface area contributed by atoms with Crippen LogP contribution in [0.4, 0.5) is 8.78 Å². The summed E-state index contributed by atoms with van der Waals surface area (Å²) < 4.78 is 26.3. The van der Waals surface area contributed by atoms with Crippen molar-refractivity contribution in [2.75, 3.05) is 6.54 Å². The Hall–Kier alpha value is -2.89. The van der Waals surface area contributed by atoms with Gasteiger partial charge in [0, 0.05) is 23.0 Å². The van der Waals surface area contributed by atoms with Gasteiger partial charge in [0.1, 0.15) is 0 Å². The summed E-state index contributed by atoms with van der Waals surface area (Å²) in [6, 6.07) is 8.16. The van der Waals surface area contributed by atoms with Crippen LogP contribution < -0.4 is 5.73 Å². The highest BCUT2D eigenvalue weighted by Crippen LogP contribution is 2.22. The van der Waals surface area contributed by atoms with E-state index in [2.05, 4.69) is 4.99 Å². The predicted octanol–water partition coefficient (Wildman–Crippen LogP) is 2.79. The average Bonchev–Trinajstić information content (AvgIpc) is 2.48. The van der Waals surface area contributed by atoms with Gasteiger partial charge in [0.25, 0.3) is 0 Å². The van der Waals surface area contributed by atoms with Crippen LogP contribution in [-0.2, 0) is 0 Å². The van der Waals surface area contributed by atoms with Gasteiger partial charge in [-0.25, -0.2) is 8.78 Å². The Morgan fingerprint density at radius 2 is 1.55 bits per heavy atom. The van der Waals surface area contributed by atoms with Crippen molar-refractivity contribution >= 4 is 12.3 Å². The van der Waals surface area contributed by atoms with Crippen LogP contribution in [0.15, 0.2) is 47.1 Å². The van der Waals surface area contributed by atoms with Crippen LogP contribution in [0.25, 0.3) is 6.08 Å². The first-order valence-corrected chi connectivity index (χ1v) is 6.40. The number of benzene rings is 2. The number of phenolic OH excluding ortho intramolecular Hbond substituents is 2. The molecule has 0 aliphatic carbocycles. The maximum Gasteiger partial charge on any atom is 0.165 e. The SMILES string of the molecule is NC(=Cc1cccc(F)c1O)CN=Cc1cccc(F)c1O. The van der Waals surface area contributed by atoms with Gasteiger partial charge in [0.15, 0.2) is 23.1 Å². The van der Waals surface area contributed by atoms with E-state index >= 15 is 0 Å². The second kappa shape index (κ2) is 6.71. The van der Waals surface area contributed by atoms with Gasteiger partial charge in [-0.2, -0.15) is 0 Å². The molecule has 2 aromatic carbocycles. The summed E-state index contributed by atoms with van der Waals surface area (Å²) in [5, 5.41) is 19.0. The van der Waals surface area contributed by atoms with Gasteiger partial charge < -0.3 is 15.9 Å². The van der Waals surface area contributed by atoms with E-state index in [0.29, 0.717) is 0 Å². The molecule has 0 aliphatic heterocycles. The lowest BCUT2D eigenvalue weighted by molar-refractivity contribution is 0.431. The highest BCUT2D eigenvalue weighted by atomic mass is 19.1. The van der Waals surface area contributed by atoms with E-state index in [-0.39, 0.29) is 23.4 Å². The molecule has 0 unspecified atom stereocenters. The molecule has 22 heavy (non-hydrogen) atoms. The Kier molecular flexibility index (Phi) is 4.73. The molecule has 0 atom stereocenters. The number of rotatable bonds is 4. The van der Waals surface area contributed by atoms with Crippen molar-refractivity contribution in [1.29, 1.82) is 0 Å². The van der Waals surface area contributed by atoms with Crippen molar-refractivity contribution < 1.29 is 19.0 Å². The number of aromatic hydroxyl groups is 2. The minimum atomic E-state index is -0.741. The van der Waals surface area contributed by atoms with Crippen molar-refractivity contribution in [2.45, 2.75) is 0 Å². The first kappa shape index (κ1) is 15.5. The van der Waals surface area contributed by atoms with Gasteiger partial charge in [-0.05, 0) is 24.3 Å². The van der Waals surface area contributed by atoms with E-state index in [1.165, 1.54) is 36.6 Å². The van der Waals surface area contributed by atoms with Crippen molar-refractivity contribution in [3.8, 4) is 11.5 Å². The fraction of sp³-hybridized carbons (Fsp3) is 0.0625. The Labute approximate surface area is 125 Å². The lowest BCUT2D eigenvalue weighted by atomic mass is 10.1. The van der Waals surface area contributed by atoms with Gasteiger partial charge in [-0.15, -0.1) is 0 Å². The van der Waals surface area contributed by atoms with Gasteiger partial charge in [0.05, 0.1) is 6.54 Å². The zero-order chi connectivity index (χ0) is 16.1. The molecule has 2 aromatic rings. The molecule has 4 N–H and O–H groups in total. The molecule has 0 radical (unpaired) electrons. The number of nitrogens with zero attached hydrogens (tertiary/aromatic N) is 1. The summed E-state index contributed by atoms with van der Waals surface area (Å²) in [5.41, 5.74) is 6.47. The summed E-state index contributed by atoms with van der Waals surface area (Å²) in [6.45, 7) is 0.0475. The van der Waals surface area contributed by atoms with E-state index in [0.717, 1.165) is 12.1 Å². The zero-order valence-corrected chi connectivity index (χ0v) is 11.5. The third-order valence-electron chi connectivity index (χ3n) is 2.88. The predicted molar refractivity (Wildman–Crippen MR) is 80.8 cm³/mol. The van der Waals surface area contributed by atoms with Crippen LogP contribution in [-0.4, -0.2) is 23.0 Å². The summed E-state index contributed by atoms with van der Waals surface area (Å²) >= 11 is 0. The van der Waals surface area contributed by atoms with Crippen molar-refractivity contribution in [2.24, 2.45) is 10.7 Å². The van der Waals surface area contributed by atoms with E-state index in [1.54, 1.807) is 0 Å². The third kappa shape index (κ3) is 3.60. The van der Waals surface area contributed by atoms with E-state index in [4.69, 9.17) is 5.73 Å². The first-order valence-electron chi connectivity index (χ1n) is 6.40. The minimum Gasteiger partial charge on any atom is -0.504 e. The fourth-order valence-corrected chi connectivity index (χ4v) is 1.78. The van der Waals surface area contributed by atoms with Gasteiger partial charge in [-0.1, -0.05) is 18.2 Å². The van der Waals surface area contributed by atoms with Crippen LogP contribution in [0.2, 0.25) is 0 Å². The zero-order valence-electron chi connectivity index (χ0n) is 11.5. The second-order valence-electron chi connectivity index (χ2n) is 4.54. The monoisotopic (exact) mass is 304 g/mol. The normalized spacial score (nSPS) is 12.0. The molecule has 2 rings (SSSR count). The third-order valence-corrected chi connectivity index (χ3v) is 2.88. The number of para-hydroxylation sites is 2. The van der Waals surface area contributed by atoms with Gasteiger partial charge in [-0.3, -0.25) is 4.99 Å². The highest BCUT2D eigenvalue weighted by molar-refractivity contribution is 5.83. The molecule has 0 amide bonds. The van der Waals surface area contributed by atoms with Crippen LogP contribution >= 0.6 is 0 Å². The molecule has 0 bridgehead atoms. The topological polar surface area (TPSA) is 78.8 Å². The molecule has 0 aromatic heterocycles. The lowest BCUT2D eigenvalue weighted by Crippen LogP contribution is -2.01. The molecule has 0 saturated carbocycles. The van der Waals surface area contributed by atoms with E-state index < -0.39 is 23.1 Å². The van der Waals surface area contributed by atoms with Crippen LogP contribution in [0.3, 0.4) is 0 Å². The molecule has 4 nitrogen and oxygen atoms in total. The average molecular weight is 304 g/mol. The van der Waals surface area contributed by atoms with Crippen LogP contribution in [0, 0.1) is 11.6 Å². The Balaban J connectivity index is 2.10. The quantitative estimate of drug-likeness (QED) is 0.760. The van der Waals surface area contributed by atoms with Crippen LogP contribution in [0.5, 0.6) is 11.5 Å². The maximum absolute atomic E-state index is 13.2. The van der Waals surface area contributed by atoms with Gasteiger partial charge >= 0.3 is 0 Å². The van der Waals surface area contributed by atoms with Crippen LogP contribution in [0.1, 0.15) is 11.1 Å². The molecule has 114 valence electrons. The molecule has 0 saturated heterocycles. The number of aliphatic imine (C=N–C) groups is 1. The number of hydrogen-bond donors (Lipinski definition) is 3. The molecular weight excluding hydrogens is 290 g/mol. The Morgan fingerprint density at radius 1 is 1.00 bits per heavy atom. The van der Waals surface area contributed by atoms with E-state index in [1.807, 2.05) is 0 Å². The smallest absolute Gasteiger partial charge is 0.165 e. The van der Waals surface area contributed by atoms with Crippen molar-refractivity contribution in [1.82, 2.24) is 0 Å². The number of halogens is 2. The Bertz CT molecular complexity index is 743. The first-order chi connectivity index (χ1) is 10.5. The van der Waals surface area contributed by atoms with E-state index in [9.17, 15) is 19.0 Å². The van der Waals surface area contributed by atoms with Crippen molar-refractivity contribution in [3.05, 3.63) is 64.9 Å². The number of phenols is 2. The number of nitrogens with two attached hydrogens (primary N) is 1. The largest absolute Gasteiger partial charge is 0.504 e. The molecule has 0 fully saturated rings. The summed E-state index contributed by atoms with van der Waals surface area (Å²) in [7, 11) is 0. The number of hydrogen-bond acceptors (Lipinski definition) is 4.